The number of amidine groups is 1. The molecule has 0 saturated heterocycles. The quantitative estimate of drug-likeness (QED) is 0.703. The molecule has 0 spiro atoms. The molecule has 6 heteroatoms. The number of nitrogens with zero attached hydrogens (tertiary/aromatic N) is 2. The van der Waals surface area contributed by atoms with Gasteiger partial charge in [-0.05, 0) is 18.4 Å². The van der Waals surface area contributed by atoms with Crippen molar-refractivity contribution < 1.29 is 8.78 Å². The lowest BCUT2D eigenvalue weighted by Gasteiger charge is -2.19. The highest BCUT2D eigenvalue weighted by Crippen LogP contribution is 2.43. The van der Waals surface area contributed by atoms with Gasteiger partial charge in [0.15, 0.2) is 5.17 Å². The molecule has 2 aliphatic rings. The maximum Gasteiger partial charge on any atom is 0.168 e. The largest absolute Gasteiger partial charge is 0.318 e. The minimum Gasteiger partial charge on any atom is -0.318 e. The van der Waals surface area contributed by atoms with Crippen molar-refractivity contribution in [1.29, 1.82) is 0 Å². The summed E-state index contributed by atoms with van der Waals surface area (Å²) < 4.78 is 27.6. The van der Waals surface area contributed by atoms with Crippen LogP contribution in [0.5, 0.6) is 0 Å². The van der Waals surface area contributed by atoms with E-state index in [1.165, 1.54) is 6.07 Å². The summed E-state index contributed by atoms with van der Waals surface area (Å²) in [6, 6.07) is 7.75. The van der Waals surface area contributed by atoms with Crippen LogP contribution >= 0.6 is 28.7 Å². The maximum atomic E-state index is 14.0. The van der Waals surface area contributed by atoms with E-state index >= 15 is 0 Å². The number of fused-ring (bicyclic) bond motifs is 2. The smallest absolute Gasteiger partial charge is 0.168 e. The van der Waals surface area contributed by atoms with E-state index in [4.69, 9.17) is 0 Å². The molecule has 0 radical (unpaired) electrons. The summed E-state index contributed by atoms with van der Waals surface area (Å²) in [5.74, 6) is -1.07. The van der Waals surface area contributed by atoms with Crippen molar-refractivity contribution in [3.63, 3.8) is 0 Å². The molecule has 0 fully saturated rings. The van der Waals surface area contributed by atoms with E-state index < -0.39 is 11.6 Å². The number of rotatable bonds is 1. The fourth-order valence-electron chi connectivity index (χ4n) is 2.95. The van der Waals surface area contributed by atoms with Crippen molar-refractivity contribution in [2.75, 3.05) is 13.1 Å². The van der Waals surface area contributed by atoms with E-state index in [2.05, 4.69) is 9.89 Å². The second-order valence-corrected chi connectivity index (χ2v) is 6.29. The molecule has 0 aromatic heterocycles. The summed E-state index contributed by atoms with van der Waals surface area (Å²) in [7, 11) is 0. The first-order valence-electron chi connectivity index (χ1n) is 6.74. The summed E-state index contributed by atoms with van der Waals surface area (Å²) in [5, 5.41) is 2.04. The summed E-state index contributed by atoms with van der Waals surface area (Å²) in [4.78, 5) is 7.71. The van der Waals surface area contributed by atoms with Crippen molar-refractivity contribution in [3.8, 4) is 0 Å². The van der Waals surface area contributed by atoms with Crippen molar-refractivity contribution in [2.24, 2.45) is 4.99 Å². The fraction of sp³-hybridized carbons (Fsp3) is 0.188. The van der Waals surface area contributed by atoms with E-state index in [-0.39, 0.29) is 17.0 Å². The van der Waals surface area contributed by atoms with Crippen molar-refractivity contribution in [1.82, 2.24) is 4.90 Å². The number of hydrogen-bond donors (Lipinski definition) is 0. The second kappa shape index (κ2) is 5.66. The zero-order valence-electron chi connectivity index (χ0n) is 11.8. The van der Waals surface area contributed by atoms with Gasteiger partial charge in [0, 0.05) is 28.5 Å². The molecule has 2 aromatic rings. The van der Waals surface area contributed by atoms with Crippen LogP contribution in [0.25, 0.3) is 16.5 Å². The SMILES string of the molecule is Br.CC1=C(c2cccc3c(F)cc(F)cc23)N2CCN=C2S1. The molecular formula is C16H13BrF2N2S. The third-order valence-electron chi connectivity index (χ3n) is 3.81. The Morgan fingerprint density at radius 3 is 2.82 bits per heavy atom. The summed E-state index contributed by atoms with van der Waals surface area (Å²) >= 11 is 1.62. The molecule has 0 atom stereocenters. The minimum atomic E-state index is -0.549. The van der Waals surface area contributed by atoms with Gasteiger partial charge >= 0.3 is 0 Å². The Kier molecular flexibility index (Phi) is 3.99. The second-order valence-electron chi connectivity index (χ2n) is 5.11. The van der Waals surface area contributed by atoms with Gasteiger partial charge in [0.1, 0.15) is 11.6 Å². The lowest BCUT2D eigenvalue weighted by molar-refractivity contribution is 0.592. The average Bonchev–Trinajstić information content (AvgIpc) is 2.98. The molecule has 114 valence electrons. The number of aliphatic imine (C=N–C) groups is 1. The number of halogens is 3. The van der Waals surface area contributed by atoms with Crippen LogP contribution in [0, 0.1) is 11.6 Å². The molecule has 0 amide bonds. The Hall–Kier alpha value is -1.40. The first kappa shape index (κ1) is 15.5. The molecule has 0 aliphatic carbocycles. The molecule has 2 aromatic carbocycles. The predicted molar refractivity (Wildman–Crippen MR) is 93.4 cm³/mol. The van der Waals surface area contributed by atoms with Crippen molar-refractivity contribution in [2.45, 2.75) is 6.92 Å². The van der Waals surface area contributed by atoms with E-state index in [1.807, 2.05) is 19.1 Å². The summed E-state index contributed by atoms with van der Waals surface area (Å²) in [6.07, 6.45) is 0. The zero-order valence-corrected chi connectivity index (χ0v) is 14.3. The van der Waals surface area contributed by atoms with Crippen LogP contribution in [0.4, 0.5) is 8.78 Å². The maximum absolute atomic E-state index is 14.0. The van der Waals surface area contributed by atoms with Crippen molar-refractivity contribution in [3.05, 3.63) is 52.4 Å². The van der Waals surface area contributed by atoms with Gasteiger partial charge in [-0.1, -0.05) is 30.0 Å². The standard InChI is InChI=1S/C16H12F2N2S.BrH/c1-9-15(20-6-5-19-16(20)21-9)12-4-2-3-11-13(12)7-10(17)8-14(11)18;/h2-4,7-8H,5-6H2,1H3;1H. The molecule has 2 heterocycles. The Morgan fingerprint density at radius 1 is 1.18 bits per heavy atom. The van der Waals surface area contributed by atoms with Crippen LogP contribution < -0.4 is 0 Å². The summed E-state index contributed by atoms with van der Waals surface area (Å²) in [6.45, 7) is 3.62. The van der Waals surface area contributed by atoms with Gasteiger partial charge in [0.2, 0.25) is 0 Å². The minimum absolute atomic E-state index is 0. The van der Waals surface area contributed by atoms with E-state index in [9.17, 15) is 8.78 Å². The molecule has 22 heavy (non-hydrogen) atoms. The normalized spacial score (nSPS) is 16.9. The first-order chi connectivity index (χ1) is 10.1. The van der Waals surface area contributed by atoms with Gasteiger partial charge in [0.25, 0.3) is 0 Å². The molecule has 4 rings (SSSR count). The third kappa shape index (κ3) is 2.25. The van der Waals surface area contributed by atoms with Crippen LogP contribution in [-0.2, 0) is 0 Å². The summed E-state index contributed by atoms with van der Waals surface area (Å²) in [5.41, 5.74) is 1.88. The Bertz CT molecular complexity index is 832. The lowest BCUT2D eigenvalue weighted by atomic mass is 10.0. The van der Waals surface area contributed by atoms with Crippen LogP contribution in [0.3, 0.4) is 0 Å². The highest BCUT2D eigenvalue weighted by Gasteiger charge is 2.31. The number of allylic oxidation sites excluding steroid dienone is 1. The van der Waals surface area contributed by atoms with Gasteiger partial charge < -0.3 is 4.90 Å². The van der Waals surface area contributed by atoms with Gasteiger partial charge in [-0.25, -0.2) is 8.78 Å². The van der Waals surface area contributed by atoms with Crippen LogP contribution in [0.15, 0.2) is 40.2 Å². The topological polar surface area (TPSA) is 15.6 Å². The lowest BCUT2D eigenvalue weighted by Crippen LogP contribution is -2.20. The molecule has 0 saturated carbocycles. The highest BCUT2D eigenvalue weighted by molar-refractivity contribution is 8.93. The predicted octanol–water partition coefficient (Wildman–Crippen LogP) is 4.80. The third-order valence-corrected chi connectivity index (χ3v) is 4.85. The van der Waals surface area contributed by atoms with Gasteiger partial charge in [0.05, 0.1) is 12.2 Å². The number of thioether (sulfide) groups is 1. The van der Waals surface area contributed by atoms with Crippen LogP contribution in [-0.4, -0.2) is 23.2 Å². The molecule has 0 N–H and O–H groups in total. The Morgan fingerprint density at radius 2 is 2.00 bits per heavy atom. The van der Waals surface area contributed by atoms with E-state index in [0.717, 1.165) is 40.5 Å². The van der Waals surface area contributed by atoms with Gasteiger partial charge in [-0.2, -0.15) is 0 Å². The van der Waals surface area contributed by atoms with Gasteiger partial charge in [-0.3, -0.25) is 4.99 Å². The number of benzene rings is 2. The highest BCUT2D eigenvalue weighted by atomic mass is 79.9. The fourth-order valence-corrected chi connectivity index (χ4v) is 3.98. The van der Waals surface area contributed by atoms with Crippen molar-refractivity contribution >= 4 is 50.4 Å². The molecular weight excluding hydrogens is 370 g/mol. The van der Waals surface area contributed by atoms with E-state index in [1.54, 1.807) is 17.8 Å². The molecule has 0 unspecified atom stereocenters. The average molecular weight is 383 g/mol. The number of hydrogen-bond acceptors (Lipinski definition) is 3. The first-order valence-corrected chi connectivity index (χ1v) is 7.55. The van der Waals surface area contributed by atoms with Crippen LogP contribution in [0.2, 0.25) is 0 Å². The van der Waals surface area contributed by atoms with Crippen LogP contribution in [0.1, 0.15) is 12.5 Å². The van der Waals surface area contributed by atoms with E-state index in [0.29, 0.717) is 10.8 Å². The Balaban J connectivity index is 0.00000144. The molecule has 2 aliphatic heterocycles. The Labute approximate surface area is 141 Å². The monoisotopic (exact) mass is 382 g/mol. The molecule has 2 nitrogen and oxygen atoms in total. The van der Waals surface area contributed by atoms with Gasteiger partial charge in [-0.15, -0.1) is 17.0 Å². The molecule has 0 bridgehead atoms. The zero-order chi connectivity index (χ0) is 14.6.